The van der Waals surface area contributed by atoms with Crippen molar-refractivity contribution in [2.24, 2.45) is 5.73 Å². The molecule has 0 fully saturated rings. The van der Waals surface area contributed by atoms with Gasteiger partial charge in [-0.1, -0.05) is 12.2 Å². The smallest absolute Gasteiger partial charge is 0.433 e. The minimum absolute atomic E-state index is 0.124. The number of rotatable bonds is 8. The fraction of sp³-hybridized carbons (Fsp3) is 0.211. The molecule has 0 aliphatic heterocycles. The van der Waals surface area contributed by atoms with Crippen molar-refractivity contribution < 1.29 is 22.7 Å². The second-order valence-electron chi connectivity index (χ2n) is 6.30. The number of hydrogen-bond donors (Lipinski definition) is 2. The fourth-order valence-electron chi connectivity index (χ4n) is 2.58. The zero-order valence-electron chi connectivity index (χ0n) is 15.9. The molecule has 0 saturated carbocycles. The first-order chi connectivity index (χ1) is 14.7. The maximum Gasteiger partial charge on any atom is 0.433 e. The van der Waals surface area contributed by atoms with Crippen molar-refractivity contribution in [1.29, 1.82) is 0 Å². The highest BCUT2D eigenvalue weighted by molar-refractivity contribution is 7.80. The van der Waals surface area contributed by atoms with Crippen LogP contribution in [0.3, 0.4) is 0 Å². The van der Waals surface area contributed by atoms with E-state index in [1.807, 2.05) is 10.8 Å². The van der Waals surface area contributed by atoms with Crippen molar-refractivity contribution in [2.75, 3.05) is 11.9 Å². The van der Waals surface area contributed by atoms with Gasteiger partial charge in [-0.15, -0.1) is 0 Å². The van der Waals surface area contributed by atoms with Crippen molar-refractivity contribution in [3.8, 4) is 5.75 Å². The third-order valence-corrected chi connectivity index (χ3v) is 4.41. The lowest BCUT2D eigenvalue weighted by molar-refractivity contribution is -0.141. The zero-order chi connectivity index (χ0) is 22.4. The van der Waals surface area contributed by atoms with Crippen LogP contribution in [0.4, 0.5) is 18.9 Å². The van der Waals surface area contributed by atoms with Gasteiger partial charge in [-0.25, -0.2) is 15.0 Å². The number of nitrogens with one attached hydrogen (secondary N) is 1. The van der Waals surface area contributed by atoms with Crippen molar-refractivity contribution in [2.45, 2.75) is 18.6 Å². The van der Waals surface area contributed by atoms with E-state index in [1.165, 1.54) is 0 Å². The first-order valence-corrected chi connectivity index (χ1v) is 9.34. The number of benzene rings is 1. The van der Waals surface area contributed by atoms with Crippen LogP contribution in [0.5, 0.6) is 5.75 Å². The summed E-state index contributed by atoms with van der Waals surface area (Å²) in [5, 5.41) is 2.79. The topological polar surface area (TPSA) is 108 Å². The molecule has 3 rings (SSSR count). The summed E-state index contributed by atoms with van der Waals surface area (Å²) in [6, 6.07) is 7.34. The molecule has 1 unspecified atom stereocenters. The standard InChI is InChI=1S/C19H17F3N6O2S/c20-19(21,22)14-5-6-25-17(27-14)15(16(23)29)18(31)26-12-1-3-13(4-2-12)30-10-9-28-8-7-24-11-28/h1-8,11,15H,9-10H2,(H2,23,29)(H,26,31). The number of thiocarbonyl (C=S) groups is 1. The van der Waals surface area contributed by atoms with Crippen LogP contribution in [0, 0.1) is 0 Å². The molecule has 3 N–H and O–H groups in total. The predicted molar refractivity (Wildman–Crippen MR) is 109 cm³/mol. The molecule has 12 heteroatoms. The first kappa shape index (κ1) is 22.2. The van der Waals surface area contributed by atoms with Crippen LogP contribution in [-0.4, -0.2) is 37.0 Å². The molecule has 31 heavy (non-hydrogen) atoms. The Morgan fingerprint density at radius 1 is 1.23 bits per heavy atom. The number of aromatic nitrogens is 4. The number of amides is 1. The largest absolute Gasteiger partial charge is 0.492 e. The second kappa shape index (κ2) is 9.51. The van der Waals surface area contributed by atoms with Gasteiger partial charge in [0.05, 0.1) is 12.9 Å². The number of anilines is 1. The molecule has 0 aliphatic carbocycles. The van der Waals surface area contributed by atoms with Crippen molar-refractivity contribution in [3.63, 3.8) is 0 Å². The molecule has 162 valence electrons. The van der Waals surface area contributed by atoms with Gasteiger partial charge in [0.2, 0.25) is 5.91 Å². The summed E-state index contributed by atoms with van der Waals surface area (Å²) >= 11 is 5.19. The average molecular weight is 450 g/mol. The van der Waals surface area contributed by atoms with E-state index < -0.39 is 29.5 Å². The molecular formula is C19H17F3N6O2S. The number of carbonyl (C=O) groups excluding carboxylic acids is 1. The van der Waals surface area contributed by atoms with Crippen LogP contribution in [0.15, 0.2) is 55.2 Å². The monoisotopic (exact) mass is 450 g/mol. The third kappa shape index (κ3) is 5.98. The highest BCUT2D eigenvalue weighted by Crippen LogP contribution is 2.28. The number of imidazole rings is 1. The van der Waals surface area contributed by atoms with E-state index in [0.29, 0.717) is 30.7 Å². The van der Waals surface area contributed by atoms with Crippen LogP contribution in [0.2, 0.25) is 0 Å². The third-order valence-electron chi connectivity index (χ3n) is 4.07. The number of carbonyl (C=O) groups is 1. The Balaban J connectivity index is 1.65. The number of hydrogen-bond acceptors (Lipinski definition) is 6. The lowest BCUT2D eigenvalue weighted by Crippen LogP contribution is -2.33. The summed E-state index contributed by atoms with van der Waals surface area (Å²) in [6.07, 6.45) is 1.39. The van der Waals surface area contributed by atoms with Crippen molar-refractivity contribution >= 4 is 28.8 Å². The fourth-order valence-corrected chi connectivity index (χ4v) is 2.92. The van der Waals surface area contributed by atoms with Crippen LogP contribution in [0.1, 0.15) is 17.4 Å². The molecule has 1 aromatic carbocycles. The molecule has 1 amide bonds. The van der Waals surface area contributed by atoms with E-state index >= 15 is 0 Å². The molecule has 0 spiro atoms. The van der Waals surface area contributed by atoms with Crippen LogP contribution in [0.25, 0.3) is 0 Å². The van der Waals surface area contributed by atoms with Gasteiger partial charge in [-0.05, 0) is 30.3 Å². The summed E-state index contributed by atoms with van der Waals surface area (Å²) in [5.41, 5.74) is 4.65. The Morgan fingerprint density at radius 3 is 2.58 bits per heavy atom. The quantitative estimate of drug-likeness (QED) is 0.508. The van der Waals surface area contributed by atoms with E-state index in [0.717, 1.165) is 6.20 Å². The SMILES string of the molecule is NC(=O)C(C(=S)Nc1ccc(OCCn2ccnc2)cc1)c1nccc(C(F)(F)F)n1. The summed E-state index contributed by atoms with van der Waals surface area (Å²) in [7, 11) is 0. The molecule has 0 bridgehead atoms. The second-order valence-corrected chi connectivity index (χ2v) is 6.74. The van der Waals surface area contributed by atoms with Crippen LogP contribution >= 0.6 is 12.2 Å². The van der Waals surface area contributed by atoms with Gasteiger partial charge in [-0.2, -0.15) is 13.2 Å². The molecule has 2 aromatic heterocycles. The summed E-state index contributed by atoms with van der Waals surface area (Å²) in [4.78, 5) is 22.8. The number of nitrogens with zero attached hydrogens (tertiary/aromatic N) is 4. The summed E-state index contributed by atoms with van der Waals surface area (Å²) in [5.74, 6) is -2.23. The summed E-state index contributed by atoms with van der Waals surface area (Å²) in [6.45, 7) is 1.06. The Bertz CT molecular complexity index is 1040. The van der Waals surface area contributed by atoms with Gasteiger partial charge in [-0.3, -0.25) is 4.79 Å². The normalized spacial score (nSPS) is 12.2. The number of primary amides is 1. The molecule has 1 atom stereocenters. The summed E-state index contributed by atoms with van der Waals surface area (Å²) < 4.78 is 46.2. The van der Waals surface area contributed by atoms with Gasteiger partial charge in [0, 0.05) is 24.3 Å². The Kier molecular flexibility index (Phi) is 6.80. The molecule has 0 saturated heterocycles. The van der Waals surface area contributed by atoms with E-state index in [1.54, 1.807) is 36.8 Å². The lowest BCUT2D eigenvalue weighted by atomic mass is 10.1. The molecule has 8 nitrogen and oxygen atoms in total. The number of halogens is 3. The van der Waals surface area contributed by atoms with Gasteiger partial charge < -0.3 is 20.4 Å². The molecule has 3 aromatic rings. The minimum atomic E-state index is -4.69. The van der Waals surface area contributed by atoms with E-state index in [-0.39, 0.29) is 4.99 Å². The van der Waals surface area contributed by atoms with Crippen molar-refractivity contribution in [1.82, 2.24) is 19.5 Å². The zero-order valence-corrected chi connectivity index (χ0v) is 16.7. The van der Waals surface area contributed by atoms with E-state index in [9.17, 15) is 18.0 Å². The van der Waals surface area contributed by atoms with Gasteiger partial charge in [0.15, 0.2) is 0 Å². The lowest BCUT2D eigenvalue weighted by Gasteiger charge is -2.17. The first-order valence-electron chi connectivity index (χ1n) is 8.93. The molecule has 2 heterocycles. The van der Waals surface area contributed by atoms with E-state index in [2.05, 4.69) is 20.3 Å². The number of alkyl halides is 3. The molecule has 0 radical (unpaired) electrons. The molecular weight excluding hydrogens is 433 g/mol. The van der Waals surface area contributed by atoms with Crippen LogP contribution in [-0.2, 0) is 17.5 Å². The van der Waals surface area contributed by atoms with Crippen LogP contribution < -0.4 is 15.8 Å². The highest BCUT2D eigenvalue weighted by Gasteiger charge is 2.35. The minimum Gasteiger partial charge on any atom is -0.492 e. The number of ether oxygens (including phenoxy) is 1. The maximum absolute atomic E-state index is 12.9. The molecule has 0 aliphatic rings. The predicted octanol–water partition coefficient (Wildman–Crippen LogP) is 2.78. The average Bonchev–Trinajstić information content (AvgIpc) is 3.22. The van der Waals surface area contributed by atoms with Gasteiger partial charge in [0.25, 0.3) is 0 Å². The maximum atomic E-state index is 12.9. The highest BCUT2D eigenvalue weighted by atomic mass is 32.1. The van der Waals surface area contributed by atoms with E-state index in [4.69, 9.17) is 22.7 Å². The Hall–Kier alpha value is -3.54. The Morgan fingerprint density at radius 2 is 1.97 bits per heavy atom. The van der Waals surface area contributed by atoms with Gasteiger partial charge in [0.1, 0.15) is 34.8 Å². The number of nitrogens with two attached hydrogens (primary N) is 1. The Labute approximate surface area is 180 Å². The van der Waals surface area contributed by atoms with Gasteiger partial charge >= 0.3 is 6.18 Å². The van der Waals surface area contributed by atoms with Crippen molar-refractivity contribution in [3.05, 3.63) is 66.8 Å².